The Morgan fingerprint density at radius 2 is 2.00 bits per heavy atom. The van der Waals surface area contributed by atoms with Gasteiger partial charge in [-0.1, -0.05) is 0 Å². The van der Waals surface area contributed by atoms with Crippen LogP contribution in [0.4, 0.5) is 5.95 Å². The molecule has 2 atom stereocenters. The Bertz CT molecular complexity index is 734. The van der Waals surface area contributed by atoms with Crippen molar-refractivity contribution in [2.24, 2.45) is 5.92 Å². The first-order chi connectivity index (χ1) is 13.0. The van der Waals surface area contributed by atoms with Crippen LogP contribution >= 0.6 is 0 Å². The zero-order valence-electron chi connectivity index (χ0n) is 15.8. The van der Waals surface area contributed by atoms with Gasteiger partial charge in [0.1, 0.15) is 0 Å². The first-order valence-corrected chi connectivity index (χ1v) is 9.46. The van der Waals surface area contributed by atoms with Gasteiger partial charge in [-0.2, -0.15) is 0 Å². The van der Waals surface area contributed by atoms with Gasteiger partial charge in [0, 0.05) is 45.5 Å². The van der Waals surface area contributed by atoms with Gasteiger partial charge in [0.25, 0.3) is 5.91 Å². The Labute approximate surface area is 158 Å². The van der Waals surface area contributed by atoms with E-state index in [0.717, 1.165) is 26.2 Å². The molecule has 9 heteroatoms. The second kappa shape index (κ2) is 7.40. The predicted molar refractivity (Wildman–Crippen MR) is 98.6 cm³/mol. The molecule has 1 N–H and O–H groups in total. The van der Waals surface area contributed by atoms with Crippen molar-refractivity contribution < 1.29 is 14.3 Å². The second-order valence-electron chi connectivity index (χ2n) is 7.61. The molecule has 1 aromatic rings. The normalized spacial score (nSPS) is 26.5. The zero-order valence-corrected chi connectivity index (χ0v) is 15.8. The van der Waals surface area contributed by atoms with Gasteiger partial charge in [-0.25, -0.2) is 9.97 Å². The lowest BCUT2D eigenvalue weighted by Gasteiger charge is -2.32. The quantitative estimate of drug-likeness (QED) is 0.719. The van der Waals surface area contributed by atoms with E-state index in [-0.39, 0.29) is 23.8 Å². The number of carbonyl (C=O) groups is 2. The summed E-state index contributed by atoms with van der Waals surface area (Å²) in [5.74, 6) is 0.194. The van der Waals surface area contributed by atoms with Crippen LogP contribution < -0.4 is 10.2 Å². The van der Waals surface area contributed by atoms with Gasteiger partial charge in [0.2, 0.25) is 11.9 Å². The summed E-state index contributed by atoms with van der Waals surface area (Å²) in [4.78, 5) is 40.4. The highest BCUT2D eigenvalue weighted by molar-refractivity contribution is 5.95. The molecule has 27 heavy (non-hydrogen) atoms. The minimum Gasteiger partial charge on any atom is -0.378 e. The fourth-order valence-corrected chi connectivity index (χ4v) is 3.79. The number of nitrogens with zero attached hydrogens (tertiary/aromatic N) is 5. The highest BCUT2D eigenvalue weighted by Gasteiger charge is 2.36. The summed E-state index contributed by atoms with van der Waals surface area (Å²) in [5, 5.41) is 2.95. The van der Waals surface area contributed by atoms with Crippen LogP contribution in [0.3, 0.4) is 0 Å². The standard InChI is InChI=1S/C18H26N6O3/c1-12-15(7-19-18(20-12)23-5-3-22(2)4-6-23)17(26)24-8-13-10-27-11-14(9-24)21-16(13)25/h7,13-14H,3-6,8-11H2,1-2H3,(H,21,25)/t13-,14+/m1/s1. The van der Waals surface area contributed by atoms with Crippen molar-refractivity contribution in [3.8, 4) is 0 Å². The maximum Gasteiger partial charge on any atom is 0.257 e. The Morgan fingerprint density at radius 1 is 1.22 bits per heavy atom. The number of nitrogens with one attached hydrogen (secondary N) is 1. The van der Waals surface area contributed by atoms with E-state index in [2.05, 4.69) is 32.1 Å². The molecule has 4 heterocycles. The molecule has 9 nitrogen and oxygen atoms in total. The summed E-state index contributed by atoms with van der Waals surface area (Å²) in [6.45, 7) is 7.15. The number of hydrogen-bond acceptors (Lipinski definition) is 7. The monoisotopic (exact) mass is 374 g/mol. The van der Waals surface area contributed by atoms with Crippen LogP contribution in [0.15, 0.2) is 6.20 Å². The number of ether oxygens (including phenoxy) is 1. The van der Waals surface area contributed by atoms with E-state index in [1.165, 1.54) is 0 Å². The summed E-state index contributed by atoms with van der Waals surface area (Å²) in [6, 6.07) is -0.167. The van der Waals surface area contributed by atoms with Crippen molar-refractivity contribution in [3.63, 3.8) is 0 Å². The van der Waals surface area contributed by atoms with E-state index in [0.29, 0.717) is 43.5 Å². The predicted octanol–water partition coefficient (Wildman–Crippen LogP) is -0.876. The third-order valence-corrected chi connectivity index (χ3v) is 5.51. The van der Waals surface area contributed by atoms with Crippen molar-refractivity contribution in [3.05, 3.63) is 17.5 Å². The first-order valence-electron chi connectivity index (χ1n) is 9.46. The number of anilines is 1. The summed E-state index contributed by atoms with van der Waals surface area (Å²) in [7, 11) is 2.10. The summed E-state index contributed by atoms with van der Waals surface area (Å²) in [6.07, 6.45) is 1.63. The number of amides is 2. The largest absolute Gasteiger partial charge is 0.378 e. The molecule has 0 spiro atoms. The molecule has 0 unspecified atom stereocenters. The van der Waals surface area contributed by atoms with Crippen LogP contribution in [0, 0.1) is 12.8 Å². The van der Waals surface area contributed by atoms with Gasteiger partial charge < -0.3 is 24.8 Å². The Balaban J connectivity index is 1.51. The minimum atomic E-state index is -0.327. The molecule has 3 aliphatic heterocycles. The average Bonchev–Trinajstić information content (AvgIpc) is 2.90. The van der Waals surface area contributed by atoms with E-state index in [1.54, 1.807) is 11.1 Å². The molecule has 0 radical (unpaired) electrons. The minimum absolute atomic E-state index is 0.0359. The molecular formula is C18H26N6O3. The van der Waals surface area contributed by atoms with E-state index in [4.69, 9.17) is 4.74 Å². The molecule has 146 valence electrons. The number of aromatic nitrogens is 2. The van der Waals surface area contributed by atoms with Crippen LogP contribution in [-0.2, 0) is 9.53 Å². The lowest BCUT2D eigenvalue weighted by Crippen LogP contribution is -2.45. The highest BCUT2D eigenvalue weighted by Crippen LogP contribution is 2.19. The van der Waals surface area contributed by atoms with Crippen molar-refractivity contribution in [1.82, 2.24) is 25.1 Å². The zero-order chi connectivity index (χ0) is 19.0. The smallest absolute Gasteiger partial charge is 0.257 e. The van der Waals surface area contributed by atoms with Crippen LogP contribution in [0.25, 0.3) is 0 Å². The van der Waals surface area contributed by atoms with Crippen LogP contribution in [0.2, 0.25) is 0 Å². The number of piperazine rings is 1. The van der Waals surface area contributed by atoms with E-state index in [1.807, 2.05) is 6.92 Å². The van der Waals surface area contributed by atoms with Crippen molar-refractivity contribution >= 4 is 17.8 Å². The molecule has 4 rings (SSSR count). The fraction of sp³-hybridized carbons (Fsp3) is 0.667. The number of carbonyl (C=O) groups excluding carboxylic acids is 2. The van der Waals surface area contributed by atoms with E-state index in [9.17, 15) is 9.59 Å². The SMILES string of the molecule is Cc1nc(N2CCN(C)CC2)ncc1C(=O)N1C[C@H]2COC[C@@H](C1)C(=O)N2. The molecule has 0 saturated carbocycles. The lowest BCUT2D eigenvalue weighted by atomic mass is 10.1. The number of rotatable bonds is 2. The Hall–Kier alpha value is -2.26. The van der Waals surface area contributed by atoms with Gasteiger partial charge in [0.15, 0.2) is 0 Å². The number of hydrogen-bond donors (Lipinski definition) is 1. The third-order valence-electron chi connectivity index (χ3n) is 5.51. The number of aryl methyl sites for hydroxylation is 1. The van der Waals surface area contributed by atoms with E-state index < -0.39 is 0 Å². The maximum absolute atomic E-state index is 13.1. The molecule has 3 fully saturated rings. The lowest BCUT2D eigenvalue weighted by molar-refractivity contribution is -0.125. The molecule has 2 amide bonds. The second-order valence-corrected chi connectivity index (χ2v) is 7.61. The molecule has 3 aliphatic rings. The Kier molecular flexibility index (Phi) is 4.96. The average molecular weight is 374 g/mol. The molecule has 2 bridgehead atoms. The van der Waals surface area contributed by atoms with Gasteiger partial charge in [-0.05, 0) is 14.0 Å². The van der Waals surface area contributed by atoms with Gasteiger partial charge >= 0.3 is 0 Å². The van der Waals surface area contributed by atoms with Crippen molar-refractivity contribution in [1.29, 1.82) is 0 Å². The van der Waals surface area contributed by atoms with Crippen LogP contribution in [0.1, 0.15) is 16.1 Å². The summed E-state index contributed by atoms with van der Waals surface area (Å²) < 4.78 is 5.52. The van der Waals surface area contributed by atoms with Crippen LogP contribution in [0.5, 0.6) is 0 Å². The van der Waals surface area contributed by atoms with Gasteiger partial charge in [-0.15, -0.1) is 0 Å². The van der Waals surface area contributed by atoms with E-state index >= 15 is 0 Å². The summed E-state index contributed by atoms with van der Waals surface area (Å²) in [5.41, 5.74) is 1.18. The highest BCUT2D eigenvalue weighted by atomic mass is 16.5. The first kappa shape index (κ1) is 18.1. The number of likely N-dealkylation sites (N-methyl/N-ethyl adjacent to an activating group) is 1. The topological polar surface area (TPSA) is 90.9 Å². The molecule has 1 aromatic heterocycles. The maximum atomic E-state index is 13.1. The molecule has 0 aromatic carbocycles. The Morgan fingerprint density at radius 3 is 2.74 bits per heavy atom. The number of fused-ring (bicyclic) bond motifs is 3. The summed E-state index contributed by atoms with van der Waals surface area (Å²) >= 11 is 0. The third kappa shape index (κ3) is 3.74. The van der Waals surface area contributed by atoms with Crippen molar-refractivity contribution in [2.45, 2.75) is 13.0 Å². The fourth-order valence-electron chi connectivity index (χ4n) is 3.79. The van der Waals surface area contributed by atoms with Crippen LogP contribution in [-0.4, -0.2) is 97.2 Å². The van der Waals surface area contributed by atoms with Gasteiger partial charge in [0.05, 0.1) is 36.4 Å². The van der Waals surface area contributed by atoms with Crippen molar-refractivity contribution in [2.75, 3.05) is 64.4 Å². The molecule has 3 saturated heterocycles. The van der Waals surface area contributed by atoms with Gasteiger partial charge in [-0.3, -0.25) is 9.59 Å². The molecular weight excluding hydrogens is 348 g/mol. The molecule has 0 aliphatic carbocycles.